The molecule has 0 bridgehead atoms. The quantitative estimate of drug-likeness (QED) is 0.802. The second-order valence-electron chi connectivity index (χ2n) is 5.05. The van der Waals surface area contributed by atoms with Gasteiger partial charge in [-0.2, -0.15) is 4.31 Å². The molecule has 1 amide bonds. The Bertz CT molecular complexity index is 643. The molecule has 7 heteroatoms. The number of nitrogen functional groups attached to an aromatic ring is 1. The molecule has 1 aromatic rings. The zero-order chi connectivity index (χ0) is 15.6. The molecule has 1 aliphatic rings. The van der Waals surface area contributed by atoms with Gasteiger partial charge in [0.1, 0.15) is 6.04 Å². The van der Waals surface area contributed by atoms with E-state index < -0.39 is 16.1 Å². The summed E-state index contributed by atoms with van der Waals surface area (Å²) >= 11 is 0. The smallest absolute Gasteiger partial charge is 0.243 e. The topological polar surface area (TPSA) is 92.5 Å². The van der Waals surface area contributed by atoms with Crippen molar-refractivity contribution in [3.63, 3.8) is 0 Å². The minimum Gasteiger partial charge on any atom is -0.398 e. The monoisotopic (exact) mass is 311 g/mol. The number of piperazine rings is 1. The van der Waals surface area contributed by atoms with Crippen molar-refractivity contribution >= 4 is 21.6 Å². The number of amides is 1. The molecule has 0 saturated carbocycles. The zero-order valence-corrected chi connectivity index (χ0v) is 13.1. The van der Waals surface area contributed by atoms with Crippen LogP contribution in [0.5, 0.6) is 0 Å². The van der Waals surface area contributed by atoms with Crippen LogP contribution in [0.4, 0.5) is 5.69 Å². The Kier molecular flexibility index (Phi) is 4.53. The summed E-state index contributed by atoms with van der Waals surface area (Å²) in [5.74, 6) is -0.245. The summed E-state index contributed by atoms with van der Waals surface area (Å²) in [7, 11) is -3.71. The van der Waals surface area contributed by atoms with Crippen LogP contribution in [0.15, 0.2) is 23.1 Å². The van der Waals surface area contributed by atoms with Gasteiger partial charge in [0.15, 0.2) is 0 Å². The van der Waals surface area contributed by atoms with Crippen LogP contribution in [0.3, 0.4) is 0 Å². The predicted molar refractivity (Wildman–Crippen MR) is 81.2 cm³/mol. The van der Waals surface area contributed by atoms with E-state index in [1.54, 1.807) is 19.1 Å². The van der Waals surface area contributed by atoms with Crippen molar-refractivity contribution in [2.75, 3.05) is 18.8 Å². The van der Waals surface area contributed by atoms with Crippen molar-refractivity contribution in [3.8, 4) is 0 Å². The summed E-state index contributed by atoms with van der Waals surface area (Å²) in [6.45, 7) is 4.37. The molecular formula is C14H21N3O3S. The van der Waals surface area contributed by atoms with Gasteiger partial charge < -0.3 is 11.1 Å². The molecule has 116 valence electrons. The van der Waals surface area contributed by atoms with Crippen LogP contribution in [0.25, 0.3) is 0 Å². The molecule has 1 unspecified atom stereocenters. The summed E-state index contributed by atoms with van der Waals surface area (Å²) in [5.41, 5.74) is 7.27. The van der Waals surface area contributed by atoms with E-state index >= 15 is 0 Å². The second kappa shape index (κ2) is 6.03. The minimum absolute atomic E-state index is 0.144. The molecule has 0 spiro atoms. The molecule has 0 radical (unpaired) electrons. The fourth-order valence-corrected chi connectivity index (χ4v) is 4.26. The molecule has 3 N–H and O–H groups in total. The van der Waals surface area contributed by atoms with Gasteiger partial charge in [0, 0.05) is 18.8 Å². The number of carbonyl (C=O) groups is 1. The molecule has 1 aliphatic heterocycles. The van der Waals surface area contributed by atoms with Gasteiger partial charge in [0.05, 0.1) is 4.90 Å². The summed E-state index contributed by atoms with van der Waals surface area (Å²) in [5, 5.41) is 2.70. The van der Waals surface area contributed by atoms with Gasteiger partial charge in [-0.15, -0.1) is 0 Å². The Balaban J connectivity index is 2.41. The lowest BCUT2D eigenvalue weighted by atomic mass is 10.1. The van der Waals surface area contributed by atoms with Crippen molar-refractivity contribution in [2.24, 2.45) is 0 Å². The minimum atomic E-state index is -3.71. The number of carbonyl (C=O) groups excluding carboxylic acids is 1. The van der Waals surface area contributed by atoms with Gasteiger partial charge in [-0.1, -0.05) is 19.9 Å². The highest BCUT2D eigenvalue weighted by atomic mass is 32.2. The number of rotatable bonds is 4. The number of benzene rings is 1. The molecule has 2 rings (SSSR count). The first-order valence-electron chi connectivity index (χ1n) is 7.09. The lowest BCUT2D eigenvalue weighted by Crippen LogP contribution is -2.56. The van der Waals surface area contributed by atoms with Crippen LogP contribution in [-0.2, 0) is 21.2 Å². The van der Waals surface area contributed by atoms with E-state index in [0.29, 0.717) is 18.7 Å². The van der Waals surface area contributed by atoms with E-state index in [0.717, 1.165) is 12.0 Å². The Hall–Kier alpha value is -1.60. The fourth-order valence-electron chi connectivity index (χ4n) is 2.56. The summed E-state index contributed by atoms with van der Waals surface area (Å²) in [4.78, 5) is 12.0. The Morgan fingerprint density at radius 3 is 2.67 bits per heavy atom. The van der Waals surface area contributed by atoms with Gasteiger partial charge in [0.2, 0.25) is 15.9 Å². The Morgan fingerprint density at radius 1 is 1.38 bits per heavy atom. The average Bonchev–Trinajstić information content (AvgIpc) is 2.46. The predicted octanol–water partition coefficient (Wildman–Crippen LogP) is 0.730. The van der Waals surface area contributed by atoms with E-state index in [1.807, 2.05) is 6.92 Å². The largest absolute Gasteiger partial charge is 0.398 e. The summed E-state index contributed by atoms with van der Waals surface area (Å²) in [6.07, 6.45) is 1.18. The van der Waals surface area contributed by atoms with Crippen molar-refractivity contribution in [1.29, 1.82) is 0 Å². The first-order chi connectivity index (χ1) is 9.91. The molecule has 6 nitrogen and oxygen atoms in total. The molecule has 1 atom stereocenters. The van der Waals surface area contributed by atoms with Gasteiger partial charge >= 0.3 is 0 Å². The SMILES string of the molecule is CCc1ccc(S(=O)(=O)N2CCNC(=O)C2CC)cc1N. The third-order valence-corrected chi connectivity index (χ3v) is 5.68. The van der Waals surface area contributed by atoms with E-state index in [2.05, 4.69) is 5.32 Å². The van der Waals surface area contributed by atoms with Crippen LogP contribution in [0.1, 0.15) is 25.8 Å². The Morgan fingerprint density at radius 2 is 2.10 bits per heavy atom. The van der Waals surface area contributed by atoms with Crippen LogP contribution >= 0.6 is 0 Å². The average molecular weight is 311 g/mol. The van der Waals surface area contributed by atoms with E-state index in [9.17, 15) is 13.2 Å². The third-order valence-electron chi connectivity index (χ3n) is 3.77. The number of nitrogens with zero attached hydrogens (tertiary/aromatic N) is 1. The molecule has 21 heavy (non-hydrogen) atoms. The normalized spacial score (nSPS) is 20.3. The van der Waals surface area contributed by atoms with Gasteiger partial charge in [-0.3, -0.25) is 4.79 Å². The maximum absolute atomic E-state index is 12.7. The van der Waals surface area contributed by atoms with E-state index in [4.69, 9.17) is 5.73 Å². The highest BCUT2D eigenvalue weighted by Gasteiger charge is 2.37. The lowest BCUT2D eigenvalue weighted by molar-refractivity contribution is -0.126. The summed E-state index contributed by atoms with van der Waals surface area (Å²) in [6, 6.07) is 4.11. The first-order valence-corrected chi connectivity index (χ1v) is 8.53. The molecule has 1 heterocycles. The number of hydrogen-bond acceptors (Lipinski definition) is 4. The number of anilines is 1. The van der Waals surface area contributed by atoms with Crippen LogP contribution < -0.4 is 11.1 Å². The molecule has 1 saturated heterocycles. The van der Waals surface area contributed by atoms with Gasteiger partial charge in [0.25, 0.3) is 0 Å². The van der Waals surface area contributed by atoms with Gasteiger partial charge in [-0.05, 0) is 30.5 Å². The third kappa shape index (κ3) is 2.89. The molecular weight excluding hydrogens is 290 g/mol. The summed E-state index contributed by atoms with van der Waals surface area (Å²) < 4.78 is 26.8. The maximum Gasteiger partial charge on any atom is 0.243 e. The number of nitrogens with one attached hydrogen (secondary N) is 1. The maximum atomic E-state index is 12.7. The molecule has 1 fully saturated rings. The Labute approximate surface area is 125 Å². The highest BCUT2D eigenvalue weighted by molar-refractivity contribution is 7.89. The molecule has 0 aromatic heterocycles. The number of sulfonamides is 1. The molecule has 0 aliphatic carbocycles. The number of nitrogens with two attached hydrogens (primary N) is 1. The van der Waals surface area contributed by atoms with Crippen molar-refractivity contribution in [2.45, 2.75) is 37.6 Å². The van der Waals surface area contributed by atoms with E-state index in [1.165, 1.54) is 10.4 Å². The standard InChI is InChI=1S/C14H21N3O3S/c1-3-10-5-6-11(9-12(10)15)21(19,20)17-8-7-16-14(18)13(17)4-2/h5-6,9,13H,3-4,7-8,15H2,1-2H3,(H,16,18). The number of aryl methyl sites for hydroxylation is 1. The van der Waals surface area contributed by atoms with Crippen LogP contribution in [0.2, 0.25) is 0 Å². The zero-order valence-electron chi connectivity index (χ0n) is 12.3. The van der Waals surface area contributed by atoms with Crippen LogP contribution in [0, 0.1) is 0 Å². The lowest BCUT2D eigenvalue weighted by Gasteiger charge is -2.33. The van der Waals surface area contributed by atoms with E-state index in [-0.39, 0.29) is 17.3 Å². The van der Waals surface area contributed by atoms with Crippen molar-refractivity contribution < 1.29 is 13.2 Å². The van der Waals surface area contributed by atoms with Crippen LogP contribution in [-0.4, -0.2) is 37.8 Å². The second-order valence-corrected chi connectivity index (χ2v) is 6.94. The first kappa shape index (κ1) is 15.8. The fraction of sp³-hybridized carbons (Fsp3) is 0.500. The van der Waals surface area contributed by atoms with Crippen molar-refractivity contribution in [3.05, 3.63) is 23.8 Å². The highest BCUT2D eigenvalue weighted by Crippen LogP contribution is 2.24. The van der Waals surface area contributed by atoms with Crippen molar-refractivity contribution in [1.82, 2.24) is 9.62 Å². The van der Waals surface area contributed by atoms with Gasteiger partial charge in [-0.25, -0.2) is 8.42 Å². The number of hydrogen-bond donors (Lipinski definition) is 2. The molecule has 1 aromatic carbocycles.